The number of likely N-dealkylation sites (tertiary alicyclic amines) is 1. The number of ketones is 1. The van der Waals surface area contributed by atoms with Crippen LogP contribution in [0.5, 0.6) is 0 Å². The number of hydrogen-bond acceptors (Lipinski definition) is 2. The molecule has 0 bridgehead atoms. The first kappa shape index (κ1) is 15.2. The molecule has 0 radical (unpaired) electrons. The van der Waals surface area contributed by atoms with E-state index in [0.29, 0.717) is 6.42 Å². The molecule has 1 aliphatic carbocycles. The molecule has 1 saturated carbocycles. The van der Waals surface area contributed by atoms with Crippen LogP contribution in [-0.2, 0) is 0 Å². The van der Waals surface area contributed by atoms with Crippen molar-refractivity contribution in [2.45, 2.75) is 51.0 Å². The highest BCUT2D eigenvalue weighted by molar-refractivity contribution is 9.10. The summed E-state index contributed by atoms with van der Waals surface area (Å²) < 4.78 is 0.985. The largest absolute Gasteiger partial charge is 0.300 e. The second-order valence-electron chi connectivity index (χ2n) is 6.47. The third-order valence-corrected chi connectivity index (χ3v) is 5.62. The van der Waals surface area contributed by atoms with Gasteiger partial charge in [0.25, 0.3) is 0 Å². The average Bonchev–Trinajstić information content (AvgIpc) is 2.52. The van der Waals surface area contributed by atoms with Crippen molar-refractivity contribution >= 4 is 21.7 Å². The molecule has 2 atom stereocenters. The molecule has 0 N–H and O–H groups in total. The van der Waals surface area contributed by atoms with Crippen LogP contribution in [-0.4, -0.2) is 29.8 Å². The number of carbonyl (C=O) groups is 1. The Hall–Kier alpha value is -0.670. The van der Waals surface area contributed by atoms with Gasteiger partial charge >= 0.3 is 0 Å². The van der Waals surface area contributed by atoms with Crippen LogP contribution >= 0.6 is 15.9 Å². The van der Waals surface area contributed by atoms with Gasteiger partial charge in [-0.15, -0.1) is 0 Å². The number of rotatable bonds is 4. The molecule has 21 heavy (non-hydrogen) atoms. The summed E-state index contributed by atoms with van der Waals surface area (Å²) in [6.45, 7) is 2.12. The second kappa shape index (κ2) is 7.06. The number of carbonyl (C=O) groups excluding carboxylic acids is 1. The van der Waals surface area contributed by atoms with E-state index in [0.717, 1.165) is 28.5 Å². The fraction of sp³-hybridized carbons (Fsp3) is 0.611. The normalized spacial score (nSPS) is 26.3. The van der Waals surface area contributed by atoms with Gasteiger partial charge in [0, 0.05) is 29.0 Å². The van der Waals surface area contributed by atoms with Gasteiger partial charge in [0.05, 0.1) is 0 Å². The topological polar surface area (TPSA) is 20.3 Å². The number of piperidine rings is 1. The summed E-state index contributed by atoms with van der Waals surface area (Å²) in [7, 11) is 0. The van der Waals surface area contributed by atoms with E-state index in [9.17, 15) is 4.79 Å². The Morgan fingerprint density at radius 1 is 1.19 bits per heavy atom. The van der Waals surface area contributed by atoms with E-state index in [1.165, 1.54) is 45.1 Å². The Labute approximate surface area is 136 Å². The fourth-order valence-electron chi connectivity index (χ4n) is 4.06. The van der Waals surface area contributed by atoms with Crippen LogP contribution in [0.4, 0.5) is 0 Å². The SMILES string of the molecule is O=C(CCN1CCC[C@H]2CCCC[C@H]21)c1cccc(Br)c1. The first-order valence-corrected chi connectivity index (χ1v) is 9.06. The monoisotopic (exact) mass is 349 g/mol. The van der Waals surface area contributed by atoms with Crippen LogP contribution in [0.25, 0.3) is 0 Å². The zero-order chi connectivity index (χ0) is 14.7. The van der Waals surface area contributed by atoms with Crippen molar-refractivity contribution in [3.63, 3.8) is 0 Å². The number of halogens is 1. The van der Waals surface area contributed by atoms with Crippen LogP contribution in [0.1, 0.15) is 55.3 Å². The lowest BCUT2D eigenvalue weighted by Crippen LogP contribution is -2.47. The molecule has 1 saturated heterocycles. The van der Waals surface area contributed by atoms with E-state index in [1.807, 2.05) is 24.3 Å². The van der Waals surface area contributed by atoms with Gasteiger partial charge in [0.1, 0.15) is 0 Å². The molecule has 0 unspecified atom stereocenters. The van der Waals surface area contributed by atoms with Gasteiger partial charge in [-0.25, -0.2) is 0 Å². The summed E-state index contributed by atoms with van der Waals surface area (Å²) in [4.78, 5) is 15.0. The maximum atomic E-state index is 12.4. The summed E-state index contributed by atoms with van der Waals surface area (Å²) in [6.07, 6.45) is 8.90. The molecule has 2 fully saturated rings. The number of benzene rings is 1. The summed E-state index contributed by atoms with van der Waals surface area (Å²) >= 11 is 3.44. The van der Waals surface area contributed by atoms with Gasteiger partial charge in [-0.1, -0.05) is 40.9 Å². The van der Waals surface area contributed by atoms with Crippen molar-refractivity contribution < 1.29 is 4.79 Å². The van der Waals surface area contributed by atoms with E-state index in [4.69, 9.17) is 0 Å². The summed E-state index contributed by atoms with van der Waals surface area (Å²) in [5, 5.41) is 0. The molecule has 1 aromatic carbocycles. The quantitative estimate of drug-likeness (QED) is 0.735. The standard InChI is InChI=1S/C18H24BrNO/c19-16-8-3-6-15(13-16)18(21)10-12-20-11-4-7-14-5-1-2-9-17(14)20/h3,6,8,13-14,17H,1-2,4-5,7,9-12H2/t14-,17-/m1/s1. The third kappa shape index (κ3) is 3.75. The minimum atomic E-state index is 0.272. The van der Waals surface area contributed by atoms with Crippen LogP contribution in [0.15, 0.2) is 28.7 Å². The Bertz CT molecular complexity index is 500. The van der Waals surface area contributed by atoms with Crippen molar-refractivity contribution in [1.82, 2.24) is 4.90 Å². The molecule has 2 aliphatic rings. The zero-order valence-corrected chi connectivity index (χ0v) is 14.1. The molecule has 0 amide bonds. The third-order valence-electron chi connectivity index (χ3n) is 5.13. The smallest absolute Gasteiger partial charge is 0.164 e. The Balaban J connectivity index is 1.57. The Kier molecular flexibility index (Phi) is 5.12. The molecule has 0 spiro atoms. The molecular formula is C18H24BrNO. The molecule has 2 nitrogen and oxygen atoms in total. The van der Waals surface area contributed by atoms with Crippen molar-refractivity contribution in [3.05, 3.63) is 34.3 Å². The molecule has 0 aromatic heterocycles. The minimum absolute atomic E-state index is 0.272. The minimum Gasteiger partial charge on any atom is -0.300 e. The lowest BCUT2D eigenvalue weighted by atomic mass is 9.78. The van der Waals surface area contributed by atoms with Crippen molar-refractivity contribution in [2.24, 2.45) is 5.92 Å². The van der Waals surface area contributed by atoms with E-state index in [2.05, 4.69) is 20.8 Å². The average molecular weight is 350 g/mol. The van der Waals surface area contributed by atoms with Crippen LogP contribution < -0.4 is 0 Å². The molecule has 1 heterocycles. The van der Waals surface area contributed by atoms with Gasteiger partial charge in [-0.3, -0.25) is 9.69 Å². The first-order chi connectivity index (χ1) is 10.2. The molecule has 3 heteroatoms. The Morgan fingerprint density at radius 2 is 2.00 bits per heavy atom. The number of Topliss-reactive ketones (excluding diaryl/α,β-unsaturated/α-hetero) is 1. The summed E-state index contributed by atoms with van der Waals surface area (Å²) in [5.74, 6) is 1.17. The van der Waals surface area contributed by atoms with Crippen molar-refractivity contribution in [2.75, 3.05) is 13.1 Å². The summed E-state index contributed by atoms with van der Waals surface area (Å²) in [5.41, 5.74) is 0.835. The second-order valence-corrected chi connectivity index (χ2v) is 7.39. The van der Waals surface area contributed by atoms with E-state index >= 15 is 0 Å². The maximum Gasteiger partial charge on any atom is 0.164 e. The van der Waals surface area contributed by atoms with E-state index in [-0.39, 0.29) is 5.78 Å². The molecule has 114 valence electrons. The van der Waals surface area contributed by atoms with Crippen LogP contribution in [0.2, 0.25) is 0 Å². The van der Waals surface area contributed by atoms with Gasteiger partial charge in [0.15, 0.2) is 5.78 Å². The van der Waals surface area contributed by atoms with E-state index < -0.39 is 0 Å². The number of fused-ring (bicyclic) bond motifs is 1. The van der Waals surface area contributed by atoms with Gasteiger partial charge in [-0.05, 0) is 50.3 Å². The molecule has 1 aromatic rings. The highest BCUT2D eigenvalue weighted by atomic mass is 79.9. The van der Waals surface area contributed by atoms with Gasteiger partial charge in [-0.2, -0.15) is 0 Å². The molecule has 3 rings (SSSR count). The zero-order valence-electron chi connectivity index (χ0n) is 12.6. The van der Waals surface area contributed by atoms with Crippen LogP contribution in [0, 0.1) is 5.92 Å². The lowest BCUT2D eigenvalue weighted by molar-refractivity contribution is 0.0575. The highest BCUT2D eigenvalue weighted by Crippen LogP contribution is 2.35. The molecular weight excluding hydrogens is 326 g/mol. The van der Waals surface area contributed by atoms with Gasteiger partial charge in [0.2, 0.25) is 0 Å². The first-order valence-electron chi connectivity index (χ1n) is 8.27. The fourth-order valence-corrected chi connectivity index (χ4v) is 4.46. The van der Waals surface area contributed by atoms with Crippen molar-refractivity contribution in [3.8, 4) is 0 Å². The van der Waals surface area contributed by atoms with Crippen molar-refractivity contribution in [1.29, 1.82) is 0 Å². The van der Waals surface area contributed by atoms with Crippen LogP contribution in [0.3, 0.4) is 0 Å². The number of nitrogens with zero attached hydrogens (tertiary/aromatic N) is 1. The number of hydrogen-bond donors (Lipinski definition) is 0. The highest BCUT2D eigenvalue weighted by Gasteiger charge is 2.32. The van der Waals surface area contributed by atoms with E-state index in [1.54, 1.807) is 0 Å². The van der Waals surface area contributed by atoms with Gasteiger partial charge < -0.3 is 0 Å². The predicted octanol–water partition coefficient (Wildman–Crippen LogP) is 4.68. The maximum absolute atomic E-state index is 12.4. The molecule has 1 aliphatic heterocycles. The summed E-state index contributed by atoms with van der Waals surface area (Å²) in [6, 6.07) is 8.51. The lowest BCUT2D eigenvalue weighted by Gasteiger charge is -2.44. The predicted molar refractivity (Wildman–Crippen MR) is 89.6 cm³/mol. The Morgan fingerprint density at radius 3 is 2.86 bits per heavy atom.